The number of carboxylic acid groups (broad SMARTS) is 1. The summed E-state index contributed by atoms with van der Waals surface area (Å²) >= 11 is 3.24. The van der Waals surface area contributed by atoms with Gasteiger partial charge in [0.15, 0.2) is 0 Å². The largest absolute Gasteiger partial charge is 0.478 e. The maximum absolute atomic E-state index is 12.0. The van der Waals surface area contributed by atoms with E-state index in [1.807, 2.05) is 0 Å². The first-order valence-electron chi connectivity index (χ1n) is 5.81. The molecule has 1 aliphatic heterocycles. The fourth-order valence-corrected chi connectivity index (χ4v) is 2.07. The molecule has 1 atom stereocenters. The summed E-state index contributed by atoms with van der Waals surface area (Å²) in [4.78, 5) is 33.9. The standard InChI is InChI=1S/C12H12BrN3O4/c13-7-2-1-6(12(19)20)3-8(7)16-11(18)9-4-15-10(17)5-14-9/h1-3,9,14H,4-5H2,(H,15,17)(H,16,18)(H,19,20). The molecule has 2 amide bonds. The highest BCUT2D eigenvalue weighted by Crippen LogP contribution is 2.23. The Morgan fingerprint density at radius 3 is 2.75 bits per heavy atom. The summed E-state index contributed by atoms with van der Waals surface area (Å²) in [5, 5.41) is 16.9. The predicted molar refractivity (Wildman–Crippen MR) is 74.5 cm³/mol. The third-order valence-corrected chi connectivity index (χ3v) is 3.49. The highest BCUT2D eigenvalue weighted by atomic mass is 79.9. The van der Waals surface area contributed by atoms with Gasteiger partial charge in [0, 0.05) is 11.0 Å². The molecule has 1 saturated heterocycles. The molecule has 1 fully saturated rings. The van der Waals surface area contributed by atoms with Gasteiger partial charge in [0.2, 0.25) is 11.8 Å². The van der Waals surface area contributed by atoms with Crippen LogP contribution in [0, 0.1) is 0 Å². The second-order valence-electron chi connectivity index (χ2n) is 4.23. The SMILES string of the molecule is O=C1CNC(C(=O)Nc2cc(C(=O)O)ccc2Br)CN1. The van der Waals surface area contributed by atoms with E-state index < -0.39 is 12.0 Å². The van der Waals surface area contributed by atoms with Crippen molar-refractivity contribution < 1.29 is 19.5 Å². The Kier molecular flexibility index (Phi) is 4.35. The van der Waals surface area contributed by atoms with Crippen molar-refractivity contribution in [2.45, 2.75) is 6.04 Å². The normalized spacial score (nSPS) is 18.2. The lowest BCUT2D eigenvalue weighted by Crippen LogP contribution is -2.56. The molecule has 0 aromatic heterocycles. The average Bonchev–Trinajstić information content (AvgIpc) is 2.41. The van der Waals surface area contributed by atoms with Gasteiger partial charge in [-0.05, 0) is 34.1 Å². The van der Waals surface area contributed by atoms with Gasteiger partial charge < -0.3 is 15.7 Å². The second-order valence-corrected chi connectivity index (χ2v) is 5.08. The smallest absolute Gasteiger partial charge is 0.335 e. The maximum atomic E-state index is 12.0. The van der Waals surface area contributed by atoms with Crippen molar-refractivity contribution in [2.75, 3.05) is 18.4 Å². The molecule has 1 aliphatic rings. The zero-order valence-electron chi connectivity index (χ0n) is 10.3. The maximum Gasteiger partial charge on any atom is 0.335 e. The lowest BCUT2D eigenvalue weighted by molar-refractivity contribution is -0.124. The number of aromatic carboxylic acids is 1. The van der Waals surface area contributed by atoms with Crippen LogP contribution in [0.2, 0.25) is 0 Å². The van der Waals surface area contributed by atoms with E-state index in [9.17, 15) is 14.4 Å². The van der Waals surface area contributed by atoms with E-state index in [0.29, 0.717) is 10.2 Å². The van der Waals surface area contributed by atoms with Crippen molar-refractivity contribution in [3.8, 4) is 0 Å². The van der Waals surface area contributed by atoms with E-state index in [1.165, 1.54) is 12.1 Å². The van der Waals surface area contributed by atoms with Gasteiger partial charge in [-0.3, -0.25) is 14.9 Å². The van der Waals surface area contributed by atoms with Gasteiger partial charge in [-0.2, -0.15) is 0 Å². The minimum absolute atomic E-state index is 0.0772. The Labute approximate surface area is 122 Å². The Morgan fingerprint density at radius 1 is 1.40 bits per heavy atom. The van der Waals surface area contributed by atoms with Crippen LogP contribution in [0.15, 0.2) is 22.7 Å². The number of piperazine rings is 1. The molecular weight excluding hydrogens is 330 g/mol. The first-order chi connectivity index (χ1) is 9.47. The Hall–Kier alpha value is -1.93. The predicted octanol–water partition coefficient (Wildman–Crippen LogP) is 0.174. The van der Waals surface area contributed by atoms with Crippen LogP contribution in [-0.2, 0) is 9.59 Å². The Morgan fingerprint density at radius 2 is 2.15 bits per heavy atom. The Bertz CT molecular complexity index is 566. The van der Waals surface area contributed by atoms with Crippen molar-refractivity contribution in [3.05, 3.63) is 28.2 Å². The van der Waals surface area contributed by atoms with Crippen LogP contribution in [0.25, 0.3) is 0 Å². The quantitative estimate of drug-likeness (QED) is 0.627. The third kappa shape index (κ3) is 3.34. The molecule has 0 saturated carbocycles. The number of anilines is 1. The zero-order valence-corrected chi connectivity index (χ0v) is 11.9. The number of carbonyl (C=O) groups excluding carboxylic acids is 2. The number of benzene rings is 1. The fraction of sp³-hybridized carbons (Fsp3) is 0.250. The van der Waals surface area contributed by atoms with Crippen LogP contribution >= 0.6 is 15.9 Å². The van der Waals surface area contributed by atoms with Crippen molar-refractivity contribution in [3.63, 3.8) is 0 Å². The summed E-state index contributed by atoms with van der Waals surface area (Å²) in [7, 11) is 0. The third-order valence-electron chi connectivity index (χ3n) is 2.80. The summed E-state index contributed by atoms with van der Waals surface area (Å²) in [6.45, 7) is 0.273. The molecule has 0 aliphatic carbocycles. The van der Waals surface area contributed by atoms with E-state index >= 15 is 0 Å². The molecule has 1 heterocycles. The van der Waals surface area contributed by atoms with Crippen LogP contribution in [0.1, 0.15) is 10.4 Å². The van der Waals surface area contributed by atoms with Gasteiger partial charge in [-0.25, -0.2) is 4.79 Å². The van der Waals surface area contributed by atoms with Crippen molar-refractivity contribution in [1.29, 1.82) is 0 Å². The number of halogens is 1. The topological polar surface area (TPSA) is 108 Å². The zero-order chi connectivity index (χ0) is 14.7. The van der Waals surface area contributed by atoms with E-state index in [2.05, 4.69) is 31.9 Å². The molecule has 20 heavy (non-hydrogen) atoms. The van der Waals surface area contributed by atoms with Gasteiger partial charge in [-0.1, -0.05) is 0 Å². The summed E-state index contributed by atoms with van der Waals surface area (Å²) in [6.07, 6.45) is 0. The number of amides is 2. The number of carbonyl (C=O) groups is 3. The van der Waals surface area contributed by atoms with Gasteiger partial charge >= 0.3 is 5.97 Å². The highest BCUT2D eigenvalue weighted by Gasteiger charge is 2.24. The number of nitrogens with one attached hydrogen (secondary N) is 3. The monoisotopic (exact) mass is 341 g/mol. The van der Waals surface area contributed by atoms with Crippen molar-refractivity contribution >= 4 is 39.4 Å². The van der Waals surface area contributed by atoms with Gasteiger partial charge in [-0.15, -0.1) is 0 Å². The van der Waals surface area contributed by atoms with Crippen LogP contribution < -0.4 is 16.0 Å². The molecular formula is C12H12BrN3O4. The Balaban J connectivity index is 2.09. The van der Waals surface area contributed by atoms with Crippen molar-refractivity contribution in [2.24, 2.45) is 0 Å². The van der Waals surface area contributed by atoms with Crippen LogP contribution in [0.4, 0.5) is 5.69 Å². The minimum Gasteiger partial charge on any atom is -0.478 e. The van der Waals surface area contributed by atoms with Crippen LogP contribution in [0.5, 0.6) is 0 Å². The molecule has 0 bridgehead atoms. The molecule has 8 heteroatoms. The number of rotatable bonds is 3. The summed E-state index contributed by atoms with van der Waals surface area (Å²) in [5.41, 5.74) is 0.446. The highest BCUT2D eigenvalue weighted by molar-refractivity contribution is 9.10. The molecule has 106 valence electrons. The number of carboxylic acids is 1. The number of hydrogen-bond acceptors (Lipinski definition) is 4. The first-order valence-corrected chi connectivity index (χ1v) is 6.60. The molecule has 1 aromatic carbocycles. The molecule has 0 radical (unpaired) electrons. The van der Waals surface area contributed by atoms with Crippen molar-refractivity contribution in [1.82, 2.24) is 10.6 Å². The second kappa shape index (κ2) is 6.02. The van der Waals surface area contributed by atoms with E-state index in [4.69, 9.17) is 5.11 Å². The molecule has 4 N–H and O–H groups in total. The average molecular weight is 342 g/mol. The summed E-state index contributed by atoms with van der Waals surface area (Å²) in [6, 6.07) is 3.80. The molecule has 2 rings (SSSR count). The van der Waals surface area contributed by atoms with Gasteiger partial charge in [0.05, 0.1) is 17.8 Å². The van der Waals surface area contributed by atoms with E-state index in [0.717, 1.165) is 0 Å². The van der Waals surface area contributed by atoms with Crippen LogP contribution in [0.3, 0.4) is 0 Å². The number of hydrogen-bond donors (Lipinski definition) is 4. The first kappa shape index (κ1) is 14.5. The van der Waals surface area contributed by atoms with Gasteiger partial charge in [0.1, 0.15) is 6.04 Å². The lowest BCUT2D eigenvalue weighted by Gasteiger charge is -2.23. The minimum atomic E-state index is -1.07. The van der Waals surface area contributed by atoms with E-state index in [-0.39, 0.29) is 30.5 Å². The molecule has 0 spiro atoms. The summed E-state index contributed by atoms with van der Waals surface area (Å²) < 4.78 is 0.579. The van der Waals surface area contributed by atoms with E-state index in [1.54, 1.807) is 6.07 Å². The molecule has 1 aromatic rings. The molecule has 7 nitrogen and oxygen atoms in total. The van der Waals surface area contributed by atoms with Gasteiger partial charge in [0.25, 0.3) is 0 Å². The van der Waals surface area contributed by atoms with Crippen LogP contribution in [-0.4, -0.2) is 42.0 Å². The molecule has 1 unspecified atom stereocenters. The lowest BCUT2D eigenvalue weighted by atomic mass is 10.1. The fourth-order valence-electron chi connectivity index (χ4n) is 1.73. The summed E-state index contributed by atoms with van der Waals surface area (Å²) in [5.74, 6) is -1.58.